The van der Waals surface area contributed by atoms with Crippen LogP contribution < -0.4 is 0 Å². The summed E-state index contributed by atoms with van der Waals surface area (Å²) < 4.78 is 5.23. The van der Waals surface area contributed by atoms with Crippen LogP contribution in [0.15, 0.2) is 11.8 Å². The predicted molar refractivity (Wildman–Crippen MR) is 51.7 cm³/mol. The van der Waals surface area contributed by atoms with Crippen molar-refractivity contribution in [3.05, 3.63) is 11.8 Å². The Morgan fingerprint density at radius 2 is 2.21 bits per heavy atom. The number of ether oxygens (including phenoxy) is 1. The van der Waals surface area contributed by atoms with E-state index in [9.17, 15) is 9.90 Å². The Morgan fingerprint density at radius 1 is 1.57 bits per heavy atom. The van der Waals surface area contributed by atoms with Crippen LogP contribution in [0.5, 0.6) is 0 Å². The standard InChI is InChI=1S/C11H16O3/c1-10(2)7-11(10,9(12)13)8-4-3-5-14-6-8/h6H,3-5,7H2,1-2H3,(H,12,13). The molecule has 0 amide bonds. The van der Waals surface area contributed by atoms with Crippen molar-refractivity contribution in [3.8, 4) is 0 Å². The number of rotatable bonds is 2. The third-order valence-corrected chi connectivity index (χ3v) is 3.58. The fourth-order valence-electron chi connectivity index (χ4n) is 2.55. The van der Waals surface area contributed by atoms with Gasteiger partial charge in [0.1, 0.15) is 0 Å². The Labute approximate surface area is 83.8 Å². The van der Waals surface area contributed by atoms with Gasteiger partial charge in [-0.15, -0.1) is 0 Å². The molecule has 0 aromatic rings. The maximum absolute atomic E-state index is 11.3. The van der Waals surface area contributed by atoms with E-state index in [-0.39, 0.29) is 5.41 Å². The molecule has 2 rings (SSSR count). The van der Waals surface area contributed by atoms with Gasteiger partial charge < -0.3 is 9.84 Å². The number of carboxylic acid groups (broad SMARTS) is 1. The molecule has 1 atom stereocenters. The van der Waals surface area contributed by atoms with Gasteiger partial charge in [0.25, 0.3) is 0 Å². The minimum Gasteiger partial charge on any atom is -0.501 e. The van der Waals surface area contributed by atoms with Crippen molar-refractivity contribution in [2.75, 3.05) is 6.61 Å². The van der Waals surface area contributed by atoms with Crippen molar-refractivity contribution < 1.29 is 14.6 Å². The topological polar surface area (TPSA) is 46.5 Å². The third-order valence-electron chi connectivity index (χ3n) is 3.58. The molecule has 1 aliphatic carbocycles. The highest BCUT2D eigenvalue weighted by Gasteiger charge is 2.68. The van der Waals surface area contributed by atoms with Crippen molar-refractivity contribution >= 4 is 5.97 Å². The molecule has 78 valence electrons. The Kier molecular flexibility index (Phi) is 1.88. The van der Waals surface area contributed by atoms with Crippen LogP contribution in [0.4, 0.5) is 0 Å². The van der Waals surface area contributed by atoms with Gasteiger partial charge in [0.15, 0.2) is 0 Å². The maximum Gasteiger partial charge on any atom is 0.314 e. The van der Waals surface area contributed by atoms with Crippen LogP contribution in [0.3, 0.4) is 0 Å². The summed E-state index contributed by atoms with van der Waals surface area (Å²) in [6, 6.07) is 0. The molecule has 1 fully saturated rings. The minimum absolute atomic E-state index is 0.106. The smallest absolute Gasteiger partial charge is 0.314 e. The average Bonchev–Trinajstić information content (AvgIpc) is 2.72. The number of hydrogen-bond donors (Lipinski definition) is 1. The van der Waals surface area contributed by atoms with Gasteiger partial charge in [-0.2, -0.15) is 0 Å². The highest BCUT2D eigenvalue weighted by atomic mass is 16.5. The lowest BCUT2D eigenvalue weighted by Gasteiger charge is -2.22. The number of hydrogen-bond acceptors (Lipinski definition) is 2. The average molecular weight is 196 g/mol. The molecule has 1 aliphatic heterocycles. The lowest BCUT2D eigenvalue weighted by molar-refractivity contribution is -0.143. The van der Waals surface area contributed by atoms with Crippen LogP contribution in [-0.4, -0.2) is 17.7 Å². The van der Waals surface area contributed by atoms with E-state index >= 15 is 0 Å². The summed E-state index contributed by atoms with van der Waals surface area (Å²) in [4.78, 5) is 11.3. The quantitative estimate of drug-likeness (QED) is 0.736. The highest BCUT2D eigenvalue weighted by Crippen LogP contribution is 2.68. The van der Waals surface area contributed by atoms with Gasteiger partial charge in [-0.05, 0) is 30.3 Å². The summed E-state index contributed by atoms with van der Waals surface area (Å²) in [5, 5.41) is 9.30. The molecule has 3 heteroatoms. The molecule has 3 nitrogen and oxygen atoms in total. The molecule has 1 heterocycles. The molecular formula is C11H16O3. The van der Waals surface area contributed by atoms with E-state index in [0.717, 1.165) is 31.4 Å². The monoisotopic (exact) mass is 196 g/mol. The molecule has 0 aromatic carbocycles. The molecule has 0 aromatic heterocycles. The second-order valence-corrected chi connectivity index (χ2v) is 4.89. The predicted octanol–water partition coefficient (Wildman–Crippen LogP) is 2.18. The van der Waals surface area contributed by atoms with Crippen molar-refractivity contribution in [3.63, 3.8) is 0 Å². The Balaban J connectivity index is 2.30. The van der Waals surface area contributed by atoms with Crippen LogP contribution in [0.2, 0.25) is 0 Å². The molecule has 0 saturated heterocycles. The molecule has 0 bridgehead atoms. The second-order valence-electron chi connectivity index (χ2n) is 4.89. The van der Waals surface area contributed by atoms with Gasteiger partial charge in [-0.3, -0.25) is 4.79 Å². The summed E-state index contributed by atoms with van der Waals surface area (Å²) in [6.07, 6.45) is 4.23. The first-order valence-corrected chi connectivity index (χ1v) is 5.05. The zero-order valence-corrected chi connectivity index (χ0v) is 8.67. The lowest BCUT2D eigenvalue weighted by atomic mass is 9.85. The second kappa shape index (κ2) is 2.75. The van der Waals surface area contributed by atoms with Gasteiger partial charge in [0, 0.05) is 0 Å². The van der Waals surface area contributed by atoms with Gasteiger partial charge >= 0.3 is 5.97 Å². The Morgan fingerprint density at radius 3 is 2.57 bits per heavy atom. The summed E-state index contributed by atoms with van der Waals surface area (Å²) in [7, 11) is 0. The zero-order valence-electron chi connectivity index (χ0n) is 8.67. The first kappa shape index (κ1) is 9.56. The molecule has 1 saturated carbocycles. The Hall–Kier alpha value is -0.990. The lowest BCUT2D eigenvalue weighted by Crippen LogP contribution is -2.25. The molecule has 1 unspecified atom stereocenters. The molecular weight excluding hydrogens is 180 g/mol. The SMILES string of the molecule is CC1(C)CC1(C(=O)O)C1=COCCC1. The summed E-state index contributed by atoms with van der Waals surface area (Å²) in [6.45, 7) is 4.74. The fourth-order valence-corrected chi connectivity index (χ4v) is 2.55. The largest absolute Gasteiger partial charge is 0.501 e. The summed E-state index contributed by atoms with van der Waals surface area (Å²) >= 11 is 0. The highest BCUT2D eigenvalue weighted by molar-refractivity contribution is 5.84. The van der Waals surface area contributed by atoms with Crippen LogP contribution in [0.25, 0.3) is 0 Å². The van der Waals surface area contributed by atoms with E-state index in [1.807, 2.05) is 13.8 Å². The van der Waals surface area contributed by atoms with E-state index in [0.29, 0.717) is 0 Å². The minimum atomic E-state index is -0.695. The number of carboxylic acids is 1. The molecule has 1 N–H and O–H groups in total. The van der Waals surface area contributed by atoms with E-state index in [4.69, 9.17) is 4.74 Å². The van der Waals surface area contributed by atoms with Gasteiger partial charge in [0.05, 0.1) is 18.3 Å². The number of aliphatic carboxylic acids is 1. The van der Waals surface area contributed by atoms with Gasteiger partial charge in [-0.25, -0.2) is 0 Å². The van der Waals surface area contributed by atoms with Crippen molar-refractivity contribution in [2.45, 2.75) is 33.1 Å². The van der Waals surface area contributed by atoms with Crippen LogP contribution >= 0.6 is 0 Å². The van der Waals surface area contributed by atoms with Crippen LogP contribution in [-0.2, 0) is 9.53 Å². The maximum atomic E-state index is 11.3. The van der Waals surface area contributed by atoms with Crippen LogP contribution in [0.1, 0.15) is 33.1 Å². The van der Waals surface area contributed by atoms with E-state index in [1.165, 1.54) is 0 Å². The van der Waals surface area contributed by atoms with Gasteiger partial charge in [0.2, 0.25) is 0 Å². The van der Waals surface area contributed by atoms with Crippen molar-refractivity contribution in [1.82, 2.24) is 0 Å². The van der Waals surface area contributed by atoms with Gasteiger partial charge in [-0.1, -0.05) is 13.8 Å². The van der Waals surface area contributed by atoms with Crippen molar-refractivity contribution in [2.24, 2.45) is 10.8 Å². The molecule has 0 spiro atoms. The molecule has 0 radical (unpaired) electrons. The Bertz CT molecular complexity index is 304. The molecule has 14 heavy (non-hydrogen) atoms. The fraction of sp³-hybridized carbons (Fsp3) is 0.727. The first-order valence-electron chi connectivity index (χ1n) is 5.05. The normalized spacial score (nSPS) is 34.3. The number of carbonyl (C=O) groups is 1. The van der Waals surface area contributed by atoms with E-state index in [2.05, 4.69) is 0 Å². The van der Waals surface area contributed by atoms with Crippen LogP contribution in [0, 0.1) is 10.8 Å². The zero-order chi connectivity index (χ0) is 10.4. The summed E-state index contributed by atoms with van der Waals surface area (Å²) in [5.74, 6) is -0.695. The summed E-state index contributed by atoms with van der Waals surface area (Å²) in [5.41, 5.74) is 0.236. The van der Waals surface area contributed by atoms with E-state index < -0.39 is 11.4 Å². The van der Waals surface area contributed by atoms with Crippen molar-refractivity contribution in [1.29, 1.82) is 0 Å². The third kappa shape index (κ3) is 1.08. The molecule has 2 aliphatic rings. The first-order chi connectivity index (χ1) is 6.51. The van der Waals surface area contributed by atoms with E-state index in [1.54, 1.807) is 6.26 Å².